The lowest BCUT2D eigenvalue weighted by molar-refractivity contribution is -0.127. The van der Waals surface area contributed by atoms with E-state index in [4.69, 9.17) is 11.6 Å². The van der Waals surface area contributed by atoms with Crippen molar-refractivity contribution in [2.45, 2.75) is 58.4 Å². The van der Waals surface area contributed by atoms with E-state index in [0.29, 0.717) is 34.6 Å². The van der Waals surface area contributed by atoms with Gasteiger partial charge in [-0.05, 0) is 79.9 Å². The first-order valence-corrected chi connectivity index (χ1v) is 12.4. The van der Waals surface area contributed by atoms with Gasteiger partial charge >= 0.3 is 0 Å². The number of pyridine rings is 1. The largest absolute Gasteiger partial charge is 0.328 e. The van der Waals surface area contributed by atoms with Crippen LogP contribution in [0.15, 0.2) is 36.8 Å². The Morgan fingerprint density at radius 3 is 2.84 bits per heavy atom. The molecule has 3 fully saturated rings. The summed E-state index contributed by atoms with van der Waals surface area (Å²) < 4.78 is 2.41. The van der Waals surface area contributed by atoms with E-state index in [-0.39, 0.29) is 22.7 Å². The molecule has 2 aromatic heterocycles. The highest BCUT2D eigenvalue weighted by Crippen LogP contribution is 2.67. The smallest absolute Gasteiger partial charge is 0.228 e. The molecule has 1 N–H and O–H groups in total. The van der Waals surface area contributed by atoms with Gasteiger partial charge < -0.3 is 9.88 Å². The first-order chi connectivity index (χ1) is 15.4. The lowest BCUT2D eigenvalue weighted by Gasteiger charge is -2.59. The molecule has 0 aromatic carbocycles. The van der Waals surface area contributed by atoms with Crippen LogP contribution in [0.25, 0.3) is 6.08 Å². The molecule has 168 valence electrons. The molecule has 5 nitrogen and oxygen atoms in total. The number of carbonyl (C=O) groups excluding carboxylic acids is 1. The highest BCUT2D eigenvalue weighted by molar-refractivity contribution is 6.32. The second-order valence-corrected chi connectivity index (χ2v) is 11.2. The fourth-order valence-electron chi connectivity index (χ4n) is 8.15. The maximum atomic E-state index is 13.4. The Hall–Kier alpha value is -2.14. The highest BCUT2D eigenvalue weighted by atomic mass is 35.5. The molecule has 2 aromatic rings. The van der Waals surface area contributed by atoms with Crippen LogP contribution in [0.4, 0.5) is 5.69 Å². The quantitative estimate of drug-likeness (QED) is 0.571. The van der Waals surface area contributed by atoms with E-state index in [2.05, 4.69) is 52.0 Å². The van der Waals surface area contributed by atoms with E-state index >= 15 is 0 Å². The molecule has 4 aliphatic rings. The van der Waals surface area contributed by atoms with Gasteiger partial charge in [-0.3, -0.25) is 4.79 Å². The van der Waals surface area contributed by atoms with Gasteiger partial charge in [0, 0.05) is 36.0 Å². The minimum Gasteiger partial charge on any atom is -0.328 e. The Labute approximate surface area is 194 Å². The number of amides is 1. The summed E-state index contributed by atoms with van der Waals surface area (Å²) in [5.74, 6) is 3.21. The molecule has 6 heteroatoms. The Kier molecular flexibility index (Phi) is 4.59. The third kappa shape index (κ3) is 2.79. The maximum Gasteiger partial charge on any atom is 0.228 e. The number of imidazole rings is 1. The van der Waals surface area contributed by atoms with Gasteiger partial charge in [0.2, 0.25) is 5.91 Å². The first-order valence-electron chi connectivity index (χ1n) is 12.1. The molecule has 3 heterocycles. The number of halogens is 1. The fourth-order valence-corrected chi connectivity index (χ4v) is 8.31. The molecule has 0 radical (unpaired) electrons. The summed E-state index contributed by atoms with van der Waals surface area (Å²) in [6.07, 6.45) is 17.3. The maximum absolute atomic E-state index is 13.4. The van der Waals surface area contributed by atoms with Gasteiger partial charge in [0.05, 0.1) is 5.69 Å². The standard InChI is InChI=1S/C26H31ClN4O/c1-25-11-9-18-16(5-8-21-26(18,2)12-10-22-28-14-15-31(21)22)17(25)6-7-19(25)24(32)30-20-4-3-13-29-23(20)27/h3-4,10,12-19,21H,5-9,11H2,1-2H3,(H,30,32)/t16-,17-,18-,19+,21?,25-,26+/m0/s1. The SMILES string of the molecule is C[C@]12CC[C@H]3[C@@H](CCC4n5ccnc5C=C[C@@]43C)[C@@H]1CC[C@@H]2C(=O)Nc1cccnc1Cl. The number of nitrogens with one attached hydrogen (secondary N) is 1. The van der Waals surface area contributed by atoms with Gasteiger partial charge in [-0.2, -0.15) is 0 Å². The van der Waals surface area contributed by atoms with E-state index in [1.807, 2.05) is 18.3 Å². The van der Waals surface area contributed by atoms with Crippen molar-refractivity contribution in [2.75, 3.05) is 5.32 Å². The van der Waals surface area contributed by atoms with Crippen molar-refractivity contribution in [1.29, 1.82) is 0 Å². The monoisotopic (exact) mass is 450 g/mol. The second-order valence-electron chi connectivity index (χ2n) is 10.9. The third-order valence-electron chi connectivity index (χ3n) is 9.69. The number of rotatable bonds is 2. The molecule has 3 saturated carbocycles. The summed E-state index contributed by atoms with van der Waals surface area (Å²) in [7, 11) is 0. The zero-order valence-corrected chi connectivity index (χ0v) is 19.6. The summed E-state index contributed by atoms with van der Waals surface area (Å²) in [5, 5.41) is 3.45. The predicted molar refractivity (Wildman–Crippen MR) is 126 cm³/mol. The average molecular weight is 451 g/mol. The highest BCUT2D eigenvalue weighted by Gasteiger charge is 2.61. The van der Waals surface area contributed by atoms with Crippen molar-refractivity contribution in [3.63, 3.8) is 0 Å². The lowest BCUT2D eigenvalue weighted by Crippen LogP contribution is -2.53. The number of nitrogens with zero attached hydrogens (tertiary/aromatic N) is 3. The zero-order chi connectivity index (χ0) is 22.1. The number of aromatic nitrogens is 3. The number of allylic oxidation sites excluding steroid dienone is 1. The first kappa shape index (κ1) is 20.5. The van der Waals surface area contributed by atoms with Crippen LogP contribution in [-0.2, 0) is 4.79 Å². The molecule has 32 heavy (non-hydrogen) atoms. The number of anilines is 1. The molecule has 1 amide bonds. The van der Waals surface area contributed by atoms with Crippen molar-refractivity contribution in [1.82, 2.24) is 14.5 Å². The van der Waals surface area contributed by atoms with Crippen molar-refractivity contribution < 1.29 is 4.79 Å². The van der Waals surface area contributed by atoms with Crippen LogP contribution >= 0.6 is 11.6 Å². The molecule has 7 atom stereocenters. The minimum absolute atomic E-state index is 0.0393. The topological polar surface area (TPSA) is 59.8 Å². The molecule has 1 aliphatic heterocycles. The Balaban J connectivity index is 1.26. The lowest BCUT2D eigenvalue weighted by atomic mass is 9.48. The predicted octanol–water partition coefficient (Wildman–Crippen LogP) is 6.00. The van der Waals surface area contributed by atoms with Crippen LogP contribution in [0.1, 0.15) is 64.2 Å². The van der Waals surface area contributed by atoms with Gasteiger partial charge in [-0.1, -0.05) is 31.5 Å². The van der Waals surface area contributed by atoms with E-state index in [1.165, 1.54) is 19.3 Å². The Morgan fingerprint density at radius 1 is 1.12 bits per heavy atom. The van der Waals surface area contributed by atoms with Crippen LogP contribution in [0, 0.1) is 34.5 Å². The number of fused-ring (bicyclic) bond motifs is 7. The van der Waals surface area contributed by atoms with E-state index in [0.717, 1.165) is 25.1 Å². The number of hydrogen-bond acceptors (Lipinski definition) is 3. The van der Waals surface area contributed by atoms with Crippen LogP contribution in [0.2, 0.25) is 5.15 Å². The summed E-state index contributed by atoms with van der Waals surface area (Å²) in [6.45, 7) is 4.86. The zero-order valence-electron chi connectivity index (χ0n) is 18.8. The second kappa shape index (κ2) is 7.18. The Morgan fingerprint density at radius 2 is 2.00 bits per heavy atom. The van der Waals surface area contributed by atoms with Gasteiger partial charge in [0.25, 0.3) is 0 Å². The minimum atomic E-state index is 0.0393. The third-order valence-corrected chi connectivity index (χ3v) is 9.99. The van der Waals surface area contributed by atoms with Gasteiger partial charge in [-0.15, -0.1) is 0 Å². The number of carbonyl (C=O) groups is 1. The fraction of sp³-hybridized carbons (Fsp3) is 0.577. The average Bonchev–Trinajstić information content (AvgIpc) is 3.39. The van der Waals surface area contributed by atoms with Gasteiger partial charge in [-0.25, -0.2) is 9.97 Å². The molecular weight excluding hydrogens is 420 g/mol. The van der Waals surface area contributed by atoms with Gasteiger partial charge in [0.15, 0.2) is 5.15 Å². The van der Waals surface area contributed by atoms with Crippen molar-refractivity contribution in [2.24, 2.45) is 34.5 Å². The van der Waals surface area contributed by atoms with E-state index < -0.39 is 0 Å². The summed E-state index contributed by atoms with van der Waals surface area (Å²) >= 11 is 6.21. The van der Waals surface area contributed by atoms with E-state index in [1.54, 1.807) is 6.20 Å². The van der Waals surface area contributed by atoms with Crippen molar-refractivity contribution in [3.05, 3.63) is 47.8 Å². The normalized spacial score (nSPS) is 39.5. The number of hydrogen-bond donors (Lipinski definition) is 1. The molecule has 3 aliphatic carbocycles. The van der Waals surface area contributed by atoms with Crippen LogP contribution in [-0.4, -0.2) is 20.4 Å². The molecule has 6 rings (SSSR count). The molecule has 0 bridgehead atoms. The molecule has 1 unspecified atom stereocenters. The van der Waals surface area contributed by atoms with E-state index in [9.17, 15) is 4.79 Å². The van der Waals surface area contributed by atoms with Crippen molar-refractivity contribution >= 4 is 29.3 Å². The summed E-state index contributed by atoms with van der Waals surface area (Å²) in [6, 6.07) is 4.15. The molecule has 0 saturated heterocycles. The summed E-state index contributed by atoms with van der Waals surface area (Å²) in [4.78, 5) is 22.0. The summed E-state index contributed by atoms with van der Waals surface area (Å²) in [5.41, 5.74) is 0.847. The van der Waals surface area contributed by atoms with Crippen LogP contribution in [0.3, 0.4) is 0 Å². The van der Waals surface area contributed by atoms with Crippen LogP contribution in [0.5, 0.6) is 0 Å². The molecule has 0 spiro atoms. The van der Waals surface area contributed by atoms with Crippen LogP contribution < -0.4 is 5.32 Å². The van der Waals surface area contributed by atoms with Crippen molar-refractivity contribution in [3.8, 4) is 0 Å². The van der Waals surface area contributed by atoms with Gasteiger partial charge in [0.1, 0.15) is 5.82 Å². The Bertz CT molecular complexity index is 1100. The molecular formula is C26H31ClN4O.